The lowest BCUT2D eigenvalue weighted by atomic mass is 10.2. The Hall–Kier alpha value is -1.44. The van der Waals surface area contributed by atoms with Crippen LogP contribution in [0.5, 0.6) is 0 Å². The van der Waals surface area contributed by atoms with Gasteiger partial charge in [0.2, 0.25) is 0 Å². The van der Waals surface area contributed by atoms with E-state index in [1.54, 1.807) is 0 Å². The number of nitrogens with one attached hydrogen (secondary N) is 1. The molecule has 6 nitrogen and oxygen atoms in total. The van der Waals surface area contributed by atoms with Crippen molar-refractivity contribution in [3.63, 3.8) is 0 Å². The predicted molar refractivity (Wildman–Crippen MR) is 66.2 cm³/mol. The van der Waals surface area contributed by atoms with Gasteiger partial charge in [0.05, 0.1) is 16.0 Å². The molecule has 0 radical (unpaired) electrons. The lowest BCUT2D eigenvalue weighted by molar-refractivity contribution is -0.384. The fourth-order valence-electron chi connectivity index (χ4n) is 1.23. The highest BCUT2D eigenvalue weighted by atomic mass is 35.5. The van der Waals surface area contributed by atoms with Crippen LogP contribution in [-0.4, -0.2) is 28.7 Å². The van der Waals surface area contributed by atoms with Crippen molar-refractivity contribution in [3.05, 3.63) is 33.1 Å². The lowest BCUT2D eigenvalue weighted by Gasteiger charge is -2.16. The number of aliphatic hydroxyl groups is 1. The Labute approximate surface area is 108 Å². The van der Waals surface area contributed by atoms with Gasteiger partial charge in [-0.2, -0.15) is 0 Å². The van der Waals surface area contributed by atoms with Crippen molar-refractivity contribution in [2.45, 2.75) is 19.1 Å². The molecule has 0 heterocycles. The summed E-state index contributed by atoms with van der Waals surface area (Å²) in [5, 5.41) is 22.2. The molecule has 1 aromatic carbocycles. The molecule has 0 spiro atoms. The molecule has 8 heteroatoms. The first kappa shape index (κ1) is 14.6. The van der Waals surface area contributed by atoms with Gasteiger partial charge < -0.3 is 16.2 Å². The highest BCUT2D eigenvalue weighted by Gasteiger charge is 2.19. The van der Waals surface area contributed by atoms with Crippen LogP contribution < -0.4 is 11.1 Å². The SMILES string of the molecule is CC(O)C(N)CNc1cc(F)c(Cl)cc1[N+](=O)[O-]. The zero-order valence-electron chi connectivity index (χ0n) is 9.56. The second-order valence-corrected chi connectivity index (χ2v) is 4.23. The highest BCUT2D eigenvalue weighted by Crippen LogP contribution is 2.30. The number of nitro groups is 1. The van der Waals surface area contributed by atoms with Crippen molar-refractivity contribution in [3.8, 4) is 0 Å². The molecule has 4 N–H and O–H groups in total. The largest absolute Gasteiger partial charge is 0.392 e. The van der Waals surface area contributed by atoms with Crippen LogP contribution in [0.1, 0.15) is 6.92 Å². The predicted octanol–water partition coefficient (Wildman–Crippen LogP) is 1.51. The molecular weight excluding hydrogens is 265 g/mol. The van der Waals surface area contributed by atoms with Gasteiger partial charge in [0, 0.05) is 24.7 Å². The summed E-state index contributed by atoms with van der Waals surface area (Å²) in [7, 11) is 0. The summed E-state index contributed by atoms with van der Waals surface area (Å²) in [6.45, 7) is 1.56. The number of aliphatic hydroxyl groups excluding tert-OH is 1. The number of rotatable bonds is 5. The molecule has 0 aliphatic heterocycles. The van der Waals surface area contributed by atoms with Crippen LogP contribution >= 0.6 is 11.6 Å². The molecule has 0 bridgehead atoms. The van der Waals surface area contributed by atoms with Crippen LogP contribution in [-0.2, 0) is 0 Å². The maximum Gasteiger partial charge on any atom is 0.294 e. The van der Waals surface area contributed by atoms with Crippen molar-refractivity contribution >= 4 is 23.0 Å². The average Bonchev–Trinajstić information content (AvgIpc) is 2.29. The Balaban J connectivity index is 2.93. The number of nitro benzene ring substituents is 1. The first-order chi connectivity index (χ1) is 8.32. The Morgan fingerprint density at radius 1 is 1.67 bits per heavy atom. The smallest absolute Gasteiger partial charge is 0.294 e. The molecule has 0 amide bonds. The highest BCUT2D eigenvalue weighted by molar-refractivity contribution is 6.31. The van der Waals surface area contributed by atoms with Crippen LogP contribution in [0.2, 0.25) is 5.02 Å². The van der Waals surface area contributed by atoms with Gasteiger partial charge in [0.1, 0.15) is 11.5 Å². The normalized spacial score (nSPS) is 14.1. The molecule has 0 aromatic heterocycles. The Bertz CT molecular complexity index is 456. The van der Waals surface area contributed by atoms with Gasteiger partial charge in [0.15, 0.2) is 0 Å². The summed E-state index contributed by atoms with van der Waals surface area (Å²) in [5.74, 6) is -0.768. The Morgan fingerprint density at radius 3 is 2.78 bits per heavy atom. The van der Waals surface area contributed by atoms with Crippen molar-refractivity contribution in [2.24, 2.45) is 5.73 Å². The first-order valence-corrected chi connectivity index (χ1v) is 5.51. The van der Waals surface area contributed by atoms with E-state index in [0.717, 1.165) is 12.1 Å². The quantitative estimate of drug-likeness (QED) is 0.559. The van der Waals surface area contributed by atoms with E-state index in [-0.39, 0.29) is 22.9 Å². The van der Waals surface area contributed by atoms with Crippen molar-refractivity contribution in [1.29, 1.82) is 0 Å². The fourth-order valence-corrected chi connectivity index (χ4v) is 1.39. The Kier molecular flexibility index (Phi) is 4.83. The summed E-state index contributed by atoms with van der Waals surface area (Å²) in [6.07, 6.45) is -0.784. The molecule has 1 aromatic rings. The summed E-state index contributed by atoms with van der Waals surface area (Å²) < 4.78 is 13.2. The second-order valence-electron chi connectivity index (χ2n) is 3.83. The summed E-state index contributed by atoms with van der Waals surface area (Å²) in [6, 6.07) is 1.23. The maximum atomic E-state index is 13.2. The van der Waals surface area contributed by atoms with Crippen LogP contribution in [0, 0.1) is 15.9 Å². The van der Waals surface area contributed by atoms with Gasteiger partial charge in [-0.25, -0.2) is 4.39 Å². The van der Waals surface area contributed by atoms with Gasteiger partial charge >= 0.3 is 0 Å². The van der Waals surface area contributed by atoms with Crippen molar-refractivity contribution < 1.29 is 14.4 Å². The van der Waals surface area contributed by atoms with E-state index >= 15 is 0 Å². The zero-order chi connectivity index (χ0) is 13.9. The average molecular weight is 278 g/mol. The molecule has 18 heavy (non-hydrogen) atoms. The lowest BCUT2D eigenvalue weighted by Crippen LogP contribution is -2.38. The number of nitrogens with two attached hydrogens (primary N) is 1. The van der Waals surface area contributed by atoms with Crippen LogP contribution in [0.4, 0.5) is 15.8 Å². The van der Waals surface area contributed by atoms with Gasteiger partial charge in [0.25, 0.3) is 5.69 Å². The minimum Gasteiger partial charge on any atom is -0.392 e. The molecule has 2 unspecified atom stereocenters. The van der Waals surface area contributed by atoms with Crippen molar-refractivity contribution in [2.75, 3.05) is 11.9 Å². The Morgan fingerprint density at radius 2 is 2.28 bits per heavy atom. The molecule has 0 saturated carbocycles. The maximum absolute atomic E-state index is 13.2. The van der Waals surface area contributed by atoms with Gasteiger partial charge in [-0.3, -0.25) is 10.1 Å². The summed E-state index contributed by atoms with van der Waals surface area (Å²) in [5.41, 5.74) is 5.18. The molecule has 100 valence electrons. The van der Waals surface area contributed by atoms with Crippen LogP contribution in [0.15, 0.2) is 12.1 Å². The number of hydrogen-bond acceptors (Lipinski definition) is 5. The van der Waals surface area contributed by atoms with Crippen LogP contribution in [0.3, 0.4) is 0 Å². The molecule has 0 aliphatic rings. The van der Waals surface area contributed by atoms with E-state index in [2.05, 4.69) is 5.32 Å². The third-order valence-corrected chi connectivity index (χ3v) is 2.67. The summed E-state index contributed by atoms with van der Waals surface area (Å²) >= 11 is 5.47. The molecule has 2 atom stereocenters. The van der Waals surface area contributed by atoms with Crippen LogP contribution in [0.25, 0.3) is 0 Å². The molecular formula is C10H13ClFN3O3. The second kappa shape index (κ2) is 5.94. The summed E-state index contributed by atoms with van der Waals surface area (Å²) in [4.78, 5) is 10.1. The van der Waals surface area contributed by atoms with E-state index in [4.69, 9.17) is 17.3 Å². The molecule has 1 rings (SSSR count). The number of benzene rings is 1. The van der Waals surface area contributed by atoms with E-state index in [1.165, 1.54) is 6.92 Å². The van der Waals surface area contributed by atoms with Gasteiger partial charge in [-0.1, -0.05) is 11.6 Å². The number of hydrogen-bond donors (Lipinski definition) is 3. The first-order valence-electron chi connectivity index (χ1n) is 5.14. The van der Waals surface area contributed by atoms with Crippen molar-refractivity contribution in [1.82, 2.24) is 0 Å². The fraction of sp³-hybridized carbons (Fsp3) is 0.400. The number of anilines is 1. The topological polar surface area (TPSA) is 101 Å². The van der Waals surface area contributed by atoms with E-state index in [0.29, 0.717) is 0 Å². The molecule has 0 fully saturated rings. The van der Waals surface area contributed by atoms with E-state index in [1.807, 2.05) is 0 Å². The third-order valence-electron chi connectivity index (χ3n) is 2.38. The monoisotopic (exact) mass is 277 g/mol. The minimum atomic E-state index is -0.784. The minimum absolute atomic E-state index is 0.0296. The van der Waals surface area contributed by atoms with E-state index < -0.39 is 22.9 Å². The third kappa shape index (κ3) is 3.52. The van der Waals surface area contributed by atoms with Gasteiger partial charge in [-0.15, -0.1) is 0 Å². The van der Waals surface area contributed by atoms with E-state index in [9.17, 15) is 19.6 Å². The molecule has 0 saturated heterocycles. The number of nitrogens with zero attached hydrogens (tertiary/aromatic N) is 1. The standard InChI is InChI=1S/C10H13ClFN3O3/c1-5(16)8(13)4-14-9-3-7(12)6(11)2-10(9)15(17)18/h2-3,5,8,14,16H,4,13H2,1H3. The number of halogens is 2. The van der Waals surface area contributed by atoms with Gasteiger partial charge in [-0.05, 0) is 6.92 Å². The zero-order valence-corrected chi connectivity index (χ0v) is 10.3. The molecule has 0 aliphatic carbocycles.